The molecule has 0 radical (unpaired) electrons. The van der Waals surface area contributed by atoms with Gasteiger partial charge in [-0.15, -0.1) is 0 Å². The number of hydrogen-bond donors (Lipinski definition) is 1. The molecule has 1 rings (SSSR count). The molecule has 1 N–H and O–H groups in total. The van der Waals surface area contributed by atoms with E-state index >= 15 is 0 Å². The van der Waals surface area contributed by atoms with Crippen LogP contribution in [0.1, 0.15) is 19.3 Å². The van der Waals surface area contributed by atoms with Crippen LogP contribution < -0.4 is 5.32 Å². The van der Waals surface area contributed by atoms with Gasteiger partial charge in [0.05, 0.1) is 0 Å². The Morgan fingerprint density at radius 2 is 2.33 bits per heavy atom. The molecule has 0 fully saturated rings. The van der Waals surface area contributed by atoms with Crippen LogP contribution in [0.5, 0.6) is 0 Å². The van der Waals surface area contributed by atoms with Gasteiger partial charge in [0, 0.05) is 12.7 Å². The Labute approximate surface area is 56.5 Å². The quantitative estimate of drug-likeness (QED) is 0.561. The molecule has 0 bridgehead atoms. The molecule has 50 valence electrons. The minimum atomic E-state index is 1.21. The van der Waals surface area contributed by atoms with E-state index in [0.29, 0.717) is 0 Å². The van der Waals surface area contributed by atoms with Gasteiger partial charge in [-0.05, 0) is 25.3 Å². The van der Waals surface area contributed by atoms with E-state index in [1.165, 1.54) is 25.0 Å². The van der Waals surface area contributed by atoms with Crippen molar-refractivity contribution in [3.05, 3.63) is 23.9 Å². The first-order chi connectivity index (χ1) is 4.43. The van der Waals surface area contributed by atoms with Crippen LogP contribution in [0.2, 0.25) is 0 Å². The molecule has 0 saturated heterocycles. The first-order valence-electron chi connectivity index (χ1n) is 3.48. The van der Waals surface area contributed by atoms with Crippen molar-refractivity contribution < 1.29 is 0 Å². The minimum absolute atomic E-state index is 1.21. The van der Waals surface area contributed by atoms with Gasteiger partial charge in [-0.1, -0.05) is 12.2 Å². The average molecular weight is 123 g/mol. The summed E-state index contributed by atoms with van der Waals surface area (Å²) in [6, 6.07) is 0. The largest absolute Gasteiger partial charge is 0.388 e. The van der Waals surface area contributed by atoms with Crippen LogP contribution in [0.15, 0.2) is 23.9 Å². The standard InChI is InChI=1S/C8H13N/c1-9-8-6-4-2-3-5-7-8/h4,6-7,9H,2-3,5H2,1H3. The SMILES string of the molecule is CNC1=CCCCC=C1. The lowest BCUT2D eigenvalue weighted by atomic mass is 10.2. The van der Waals surface area contributed by atoms with Gasteiger partial charge < -0.3 is 5.32 Å². The first-order valence-corrected chi connectivity index (χ1v) is 3.48. The third-order valence-electron chi connectivity index (χ3n) is 1.53. The number of likely N-dealkylation sites (N-methyl/N-ethyl adjacent to an activating group) is 1. The zero-order valence-electron chi connectivity index (χ0n) is 5.85. The van der Waals surface area contributed by atoms with Crippen LogP contribution in [0.25, 0.3) is 0 Å². The summed E-state index contributed by atoms with van der Waals surface area (Å²) >= 11 is 0. The maximum absolute atomic E-state index is 3.12. The molecule has 0 spiro atoms. The highest BCUT2D eigenvalue weighted by Crippen LogP contribution is 2.06. The Morgan fingerprint density at radius 3 is 3.11 bits per heavy atom. The lowest BCUT2D eigenvalue weighted by molar-refractivity contribution is 0.870. The Balaban J connectivity index is 2.53. The van der Waals surface area contributed by atoms with Gasteiger partial charge in [-0.25, -0.2) is 0 Å². The van der Waals surface area contributed by atoms with Crippen molar-refractivity contribution in [1.82, 2.24) is 5.32 Å². The second kappa shape index (κ2) is 3.33. The van der Waals surface area contributed by atoms with E-state index in [2.05, 4.69) is 23.5 Å². The highest BCUT2D eigenvalue weighted by Gasteiger charge is 1.91. The summed E-state index contributed by atoms with van der Waals surface area (Å²) in [6.45, 7) is 0. The second-order valence-electron chi connectivity index (χ2n) is 2.24. The third-order valence-corrected chi connectivity index (χ3v) is 1.53. The molecule has 0 aromatic rings. The van der Waals surface area contributed by atoms with Gasteiger partial charge >= 0.3 is 0 Å². The Bertz CT molecular complexity index is 134. The van der Waals surface area contributed by atoms with Crippen molar-refractivity contribution in [2.45, 2.75) is 19.3 Å². The van der Waals surface area contributed by atoms with Crippen LogP contribution in [-0.2, 0) is 0 Å². The monoisotopic (exact) mass is 123 g/mol. The molecule has 0 aromatic heterocycles. The minimum Gasteiger partial charge on any atom is -0.388 e. The van der Waals surface area contributed by atoms with Gasteiger partial charge in [0.15, 0.2) is 0 Å². The summed E-state index contributed by atoms with van der Waals surface area (Å²) in [5.41, 5.74) is 1.26. The average Bonchev–Trinajstić information content (AvgIpc) is 2.13. The molecule has 0 unspecified atom stereocenters. The summed E-state index contributed by atoms with van der Waals surface area (Å²) in [6.07, 6.45) is 10.3. The summed E-state index contributed by atoms with van der Waals surface area (Å²) in [7, 11) is 1.96. The smallest absolute Gasteiger partial charge is 0.0293 e. The summed E-state index contributed by atoms with van der Waals surface area (Å²) in [5, 5.41) is 3.12. The van der Waals surface area contributed by atoms with E-state index in [0.717, 1.165) is 0 Å². The topological polar surface area (TPSA) is 12.0 Å². The zero-order chi connectivity index (χ0) is 6.53. The van der Waals surface area contributed by atoms with Gasteiger partial charge in [0.25, 0.3) is 0 Å². The van der Waals surface area contributed by atoms with Gasteiger partial charge in [0.1, 0.15) is 0 Å². The maximum Gasteiger partial charge on any atom is 0.0293 e. The van der Waals surface area contributed by atoms with Crippen molar-refractivity contribution in [2.24, 2.45) is 0 Å². The van der Waals surface area contributed by atoms with E-state index in [-0.39, 0.29) is 0 Å². The molecule has 1 heteroatoms. The molecule has 0 aliphatic heterocycles. The summed E-state index contributed by atoms with van der Waals surface area (Å²) in [4.78, 5) is 0. The maximum atomic E-state index is 3.12. The molecule has 9 heavy (non-hydrogen) atoms. The molecule has 1 nitrogen and oxygen atoms in total. The predicted octanol–water partition coefficient (Wildman–Crippen LogP) is 1.83. The molecular weight excluding hydrogens is 110 g/mol. The van der Waals surface area contributed by atoms with E-state index in [4.69, 9.17) is 0 Å². The number of hydrogen-bond acceptors (Lipinski definition) is 1. The molecule has 0 aromatic carbocycles. The molecular formula is C8H13N. The van der Waals surface area contributed by atoms with Gasteiger partial charge in [0.2, 0.25) is 0 Å². The second-order valence-corrected chi connectivity index (χ2v) is 2.24. The van der Waals surface area contributed by atoms with Crippen LogP contribution in [0.4, 0.5) is 0 Å². The van der Waals surface area contributed by atoms with E-state index in [1.54, 1.807) is 0 Å². The van der Waals surface area contributed by atoms with Crippen molar-refractivity contribution in [2.75, 3.05) is 7.05 Å². The Hall–Kier alpha value is -0.720. The summed E-state index contributed by atoms with van der Waals surface area (Å²) in [5.74, 6) is 0. The Kier molecular flexibility index (Phi) is 2.37. The van der Waals surface area contributed by atoms with E-state index in [9.17, 15) is 0 Å². The van der Waals surface area contributed by atoms with Crippen molar-refractivity contribution in [1.29, 1.82) is 0 Å². The number of nitrogens with one attached hydrogen (secondary N) is 1. The fourth-order valence-corrected chi connectivity index (χ4v) is 0.957. The van der Waals surface area contributed by atoms with E-state index in [1.807, 2.05) is 7.05 Å². The zero-order valence-corrected chi connectivity index (χ0v) is 5.85. The highest BCUT2D eigenvalue weighted by atomic mass is 14.8. The van der Waals surface area contributed by atoms with Crippen LogP contribution >= 0.6 is 0 Å². The summed E-state index contributed by atoms with van der Waals surface area (Å²) < 4.78 is 0. The predicted molar refractivity (Wildman–Crippen MR) is 40.1 cm³/mol. The first kappa shape index (κ1) is 6.40. The van der Waals surface area contributed by atoms with Gasteiger partial charge in [-0.2, -0.15) is 0 Å². The van der Waals surface area contributed by atoms with Gasteiger partial charge in [-0.3, -0.25) is 0 Å². The molecule has 0 heterocycles. The fourth-order valence-electron chi connectivity index (χ4n) is 0.957. The Morgan fingerprint density at radius 1 is 1.44 bits per heavy atom. The van der Waals surface area contributed by atoms with Crippen molar-refractivity contribution >= 4 is 0 Å². The fraction of sp³-hybridized carbons (Fsp3) is 0.500. The van der Waals surface area contributed by atoms with Crippen molar-refractivity contribution in [3.63, 3.8) is 0 Å². The normalized spacial score (nSPS) is 18.6. The molecule has 0 amide bonds. The third kappa shape index (κ3) is 1.92. The number of rotatable bonds is 1. The molecule has 0 atom stereocenters. The number of allylic oxidation sites excluding steroid dienone is 3. The van der Waals surface area contributed by atoms with Crippen molar-refractivity contribution in [3.8, 4) is 0 Å². The molecule has 1 aliphatic rings. The lowest BCUT2D eigenvalue weighted by Gasteiger charge is -1.95. The van der Waals surface area contributed by atoms with Crippen LogP contribution in [0.3, 0.4) is 0 Å². The van der Waals surface area contributed by atoms with Crippen LogP contribution in [-0.4, -0.2) is 7.05 Å². The molecule has 0 saturated carbocycles. The molecule has 1 aliphatic carbocycles. The lowest BCUT2D eigenvalue weighted by Crippen LogP contribution is -2.01. The highest BCUT2D eigenvalue weighted by molar-refractivity contribution is 5.17. The van der Waals surface area contributed by atoms with Crippen LogP contribution in [0, 0.1) is 0 Å². The van der Waals surface area contributed by atoms with E-state index < -0.39 is 0 Å².